The minimum absolute atomic E-state index is 0.175. The highest BCUT2D eigenvalue weighted by atomic mass is 16.4. The topological polar surface area (TPSA) is 83.8 Å². The summed E-state index contributed by atoms with van der Waals surface area (Å²) in [6, 6.07) is 3.66. The molecule has 2 heterocycles. The average molecular weight is 248 g/mol. The predicted octanol–water partition coefficient (Wildman–Crippen LogP) is 1.45. The maximum absolute atomic E-state index is 11.8. The summed E-state index contributed by atoms with van der Waals surface area (Å²) in [4.78, 5) is 14.8. The van der Waals surface area contributed by atoms with Gasteiger partial charge in [-0.1, -0.05) is 13.8 Å². The van der Waals surface area contributed by atoms with Crippen LogP contribution in [-0.4, -0.2) is 21.1 Å². The van der Waals surface area contributed by atoms with Gasteiger partial charge in [0.2, 0.25) is 11.8 Å². The summed E-state index contributed by atoms with van der Waals surface area (Å²) in [5.74, 6) is 0.820. The molecule has 0 saturated heterocycles. The molecule has 6 nitrogen and oxygen atoms in total. The Labute approximate surface area is 105 Å². The van der Waals surface area contributed by atoms with E-state index in [0.717, 1.165) is 12.1 Å². The van der Waals surface area contributed by atoms with Crippen molar-refractivity contribution in [3.05, 3.63) is 35.3 Å². The lowest BCUT2D eigenvalue weighted by Crippen LogP contribution is -2.23. The molecule has 0 saturated carbocycles. The number of carbonyl (C=O) groups is 1. The van der Waals surface area contributed by atoms with E-state index in [1.165, 1.54) is 0 Å². The number of nitrogens with zero attached hydrogens (tertiary/aromatic N) is 2. The molecule has 0 radical (unpaired) electrons. The van der Waals surface area contributed by atoms with E-state index in [1.54, 1.807) is 6.07 Å². The van der Waals surface area contributed by atoms with Gasteiger partial charge in [-0.05, 0) is 18.6 Å². The molecule has 0 fully saturated rings. The number of rotatable bonds is 5. The van der Waals surface area contributed by atoms with Gasteiger partial charge in [-0.25, -0.2) is 0 Å². The second kappa shape index (κ2) is 5.48. The van der Waals surface area contributed by atoms with Crippen LogP contribution >= 0.6 is 0 Å². The van der Waals surface area contributed by atoms with Crippen molar-refractivity contribution in [1.82, 2.24) is 20.5 Å². The second-order valence-corrected chi connectivity index (χ2v) is 3.88. The van der Waals surface area contributed by atoms with Gasteiger partial charge in [0.15, 0.2) is 0 Å². The number of aromatic amines is 1. The Balaban J connectivity index is 1.91. The molecule has 0 spiro atoms. The molecule has 2 aromatic heterocycles. The number of hydrogen-bond acceptors (Lipinski definition) is 4. The van der Waals surface area contributed by atoms with Crippen LogP contribution in [0.15, 0.2) is 16.5 Å². The van der Waals surface area contributed by atoms with Crippen molar-refractivity contribution < 1.29 is 9.21 Å². The quantitative estimate of drug-likeness (QED) is 0.838. The monoisotopic (exact) mass is 248 g/mol. The minimum Gasteiger partial charge on any atom is -0.423 e. The van der Waals surface area contributed by atoms with Crippen molar-refractivity contribution in [2.75, 3.05) is 0 Å². The average Bonchev–Trinajstić information content (AvgIpc) is 3.04. The largest absolute Gasteiger partial charge is 0.423 e. The number of H-pyrrole nitrogens is 1. The Morgan fingerprint density at radius 1 is 1.28 bits per heavy atom. The lowest BCUT2D eigenvalue weighted by Gasteiger charge is -1.99. The zero-order chi connectivity index (χ0) is 13.0. The first-order valence-electron chi connectivity index (χ1n) is 6.00. The van der Waals surface area contributed by atoms with Gasteiger partial charge >= 0.3 is 0 Å². The standard InChI is InChI=1S/C12H16N4O2/c1-3-8-5-6-9(14-8)12(17)13-7-11-16-15-10(4-2)18-11/h5-6,14H,3-4,7H2,1-2H3,(H,13,17). The van der Waals surface area contributed by atoms with Crippen LogP contribution in [0, 0.1) is 0 Å². The highest BCUT2D eigenvalue weighted by molar-refractivity contribution is 5.92. The molecular formula is C12H16N4O2. The molecular weight excluding hydrogens is 232 g/mol. The van der Waals surface area contributed by atoms with Crippen LogP contribution < -0.4 is 5.32 Å². The van der Waals surface area contributed by atoms with Crippen LogP contribution in [0.1, 0.15) is 41.8 Å². The molecule has 0 bridgehead atoms. The van der Waals surface area contributed by atoms with E-state index in [-0.39, 0.29) is 12.5 Å². The predicted molar refractivity (Wildman–Crippen MR) is 65.0 cm³/mol. The van der Waals surface area contributed by atoms with Crippen molar-refractivity contribution in [2.45, 2.75) is 33.2 Å². The van der Waals surface area contributed by atoms with E-state index < -0.39 is 0 Å². The van der Waals surface area contributed by atoms with Crippen molar-refractivity contribution in [1.29, 1.82) is 0 Å². The van der Waals surface area contributed by atoms with Crippen molar-refractivity contribution >= 4 is 5.91 Å². The molecule has 0 aromatic carbocycles. The Morgan fingerprint density at radius 2 is 2.06 bits per heavy atom. The van der Waals surface area contributed by atoms with Crippen molar-refractivity contribution in [2.24, 2.45) is 0 Å². The maximum Gasteiger partial charge on any atom is 0.268 e. The summed E-state index contributed by atoms with van der Waals surface area (Å²) < 4.78 is 5.30. The third kappa shape index (κ3) is 2.77. The molecule has 0 atom stereocenters. The molecule has 2 N–H and O–H groups in total. The number of carbonyl (C=O) groups excluding carboxylic acids is 1. The summed E-state index contributed by atoms with van der Waals surface area (Å²) in [6.07, 6.45) is 1.56. The van der Waals surface area contributed by atoms with Crippen LogP contribution in [0.5, 0.6) is 0 Å². The fourth-order valence-electron chi connectivity index (χ4n) is 1.53. The first-order valence-corrected chi connectivity index (χ1v) is 6.00. The van der Waals surface area contributed by atoms with Gasteiger partial charge in [-0.2, -0.15) is 0 Å². The van der Waals surface area contributed by atoms with Gasteiger partial charge in [0.1, 0.15) is 5.69 Å². The molecule has 0 aliphatic rings. The number of amides is 1. The molecule has 2 rings (SSSR count). The zero-order valence-electron chi connectivity index (χ0n) is 10.5. The number of aryl methyl sites for hydroxylation is 2. The number of aromatic nitrogens is 3. The highest BCUT2D eigenvalue weighted by Crippen LogP contribution is 2.04. The number of hydrogen-bond donors (Lipinski definition) is 2. The van der Waals surface area contributed by atoms with Crippen LogP contribution in [0.4, 0.5) is 0 Å². The lowest BCUT2D eigenvalue weighted by molar-refractivity contribution is 0.0942. The first kappa shape index (κ1) is 12.3. The normalized spacial score (nSPS) is 10.6. The van der Waals surface area contributed by atoms with Crippen LogP contribution in [0.25, 0.3) is 0 Å². The summed E-state index contributed by atoms with van der Waals surface area (Å²) >= 11 is 0. The smallest absolute Gasteiger partial charge is 0.268 e. The van der Waals surface area contributed by atoms with Crippen LogP contribution in [0.2, 0.25) is 0 Å². The van der Waals surface area contributed by atoms with Gasteiger partial charge in [0.05, 0.1) is 6.54 Å². The molecule has 2 aromatic rings. The Bertz CT molecular complexity index is 530. The van der Waals surface area contributed by atoms with Gasteiger partial charge < -0.3 is 14.7 Å². The van der Waals surface area contributed by atoms with E-state index >= 15 is 0 Å². The Morgan fingerprint density at radius 3 is 2.67 bits per heavy atom. The van der Waals surface area contributed by atoms with E-state index in [4.69, 9.17) is 4.42 Å². The SMILES string of the molecule is CCc1ccc(C(=O)NCc2nnc(CC)o2)[nH]1. The van der Waals surface area contributed by atoms with E-state index in [0.29, 0.717) is 23.9 Å². The fraction of sp³-hybridized carbons (Fsp3) is 0.417. The van der Waals surface area contributed by atoms with E-state index in [9.17, 15) is 4.79 Å². The van der Waals surface area contributed by atoms with Gasteiger partial charge in [0.25, 0.3) is 5.91 Å². The van der Waals surface area contributed by atoms with Crippen LogP contribution in [-0.2, 0) is 19.4 Å². The summed E-state index contributed by atoms with van der Waals surface area (Å²) in [7, 11) is 0. The minimum atomic E-state index is -0.175. The zero-order valence-corrected chi connectivity index (χ0v) is 10.5. The number of nitrogens with one attached hydrogen (secondary N) is 2. The van der Waals surface area contributed by atoms with Crippen molar-refractivity contribution in [3.8, 4) is 0 Å². The molecule has 0 unspecified atom stereocenters. The first-order chi connectivity index (χ1) is 8.72. The Kier molecular flexibility index (Phi) is 3.76. The fourth-order valence-corrected chi connectivity index (χ4v) is 1.53. The molecule has 0 aliphatic carbocycles. The second-order valence-electron chi connectivity index (χ2n) is 3.88. The molecule has 18 heavy (non-hydrogen) atoms. The van der Waals surface area contributed by atoms with Gasteiger partial charge in [-0.3, -0.25) is 4.79 Å². The molecule has 1 amide bonds. The van der Waals surface area contributed by atoms with Gasteiger partial charge in [-0.15, -0.1) is 10.2 Å². The lowest BCUT2D eigenvalue weighted by atomic mass is 10.3. The molecule has 0 aliphatic heterocycles. The summed E-state index contributed by atoms with van der Waals surface area (Å²) in [5, 5.41) is 10.4. The third-order valence-corrected chi connectivity index (χ3v) is 2.58. The van der Waals surface area contributed by atoms with E-state index in [1.807, 2.05) is 19.9 Å². The maximum atomic E-state index is 11.8. The van der Waals surface area contributed by atoms with E-state index in [2.05, 4.69) is 20.5 Å². The summed E-state index contributed by atoms with van der Waals surface area (Å²) in [5.41, 5.74) is 1.58. The highest BCUT2D eigenvalue weighted by Gasteiger charge is 2.10. The van der Waals surface area contributed by atoms with Crippen molar-refractivity contribution in [3.63, 3.8) is 0 Å². The third-order valence-electron chi connectivity index (χ3n) is 2.58. The molecule has 6 heteroatoms. The van der Waals surface area contributed by atoms with Gasteiger partial charge in [0, 0.05) is 12.1 Å². The Hall–Kier alpha value is -2.11. The summed E-state index contributed by atoms with van der Waals surface area (Å²) in [6.45, 7) is 4.20. The molecule has 96 valence electrons. The van der Waals surface area contributed by atoms with Crippen LogP contribution in [0.3, 0.4) is 0 Å².